The molecule has 8 rings (SSSR count). The monoisotopic (exact) mass is 476 g/mol. The molecule has 176 valence electrons. The molecule has 2 aliphatic rings. The zero-order valence-electron chi connectivity index (χ0n) is 20.7. The minimum Gasteiger partial charge on any atom is -0.497 e. The van der Waals surface area contributed by atoms with E-state index in [2.05, 4.69) is 109 Å². The third-order valence-corrected chi connectivity index (χ3v) is 8.46. The first-order valence-corrected chi connectivity index (χ1v) is 12.7. The SMILES string of the molecule is COc1ccc2c3c(c4ccc(OC)cc4c2c1)C1(c2ccccc2-c2ccccc21)c1ccccc1-3. The van der Waals surface area contributed by atoms with Gasteiger partial charge in [0.25, 0.3) is 0 Å². The van der Waals surface area contributed by atoms with E-state index in [0.717, 1.165) is 11.5 Å². The van der Waals surface area contributed by atoms with Gasteiger partial charge in [-0.15, -0.1) is 0 Å². The summed E-state index contributed by atoms with van der Waals surface area (Å²) in [5.41, 5.74) is 10.3. The van der Waals surface area contributed by atoms with Crippen LogP contribution in [-0.2, 0) is 5.41 Å². The van der Waals surface area contributed by atoms with Crippen molar-refractivity contribution in [3.8, 4) is 33.8 Å². The fraction of sp³-hybridized carbons (Fsp3) is 0.0857. The molecule has 6 aromatic rings. The topological polar surface area (TPSA) is 18.5 Å². The Hall–Kier alpha value is -4.56. The standard InChI is InChI=1S/C35H24O2/c1-36-21-15-17-25-28(19-21)29-20-22(37-2)16-18-26(29)34-33(25)27-11-5-8-14-32(27)35(34)30-12-6-3-9-23(30)24-10-4-7-13-31(24)35/h3-20H,1-2H3. The minimum atomic E-state index is -0.389. The maximum absolute atomic E-state index is 5.71. The number of hydrogen-bond donors (Lipinski definition) is 0. The first-order valence-electron chi connectivity index (χ1n) is 12.7. The van der Waals surface area contributed by atoms with Crippen LogP contribution in [0.15, 0.2) is 109 Å². The molecule has 0 amide bonds. The van der Waals surface area contributed by atoms with Crippen molar-refractivity contribution < 1.29 is 9.47 Å². The molecule has 0 aliphatic heterocycles. The molecule has 2 heteroatoms. The number of rotatable bonds is 2. The Morgan fingerprint density at radius 2 is 0.919 bits per heavy atom. The van der Waals surface area contributed by atoms with Crippen molar-refractivity contribution in [2.75, 3.05) is 14.2 Å². The lowest BCUT2D eigenvalue weighted by atomic mass is 9.69. The summed E-state index contributed by atoms with van der Waals surface area (Å²) in [5, 5.41) is 4.85. The normalized spacial score (nSPS) is 13.9. The van der Waals surface area contributed by atoms with Crippen LogP contribution in [-0.4, -0.2) is 14.2 Å². The predicted octanol–water partition coefficient (Wildman–Crippen LogP) is 8.35. The molecule has 0 saturated heterocycles. The predicted molar refractivity (Wildman–Crippen MR) is 151 cm³/mol. The summed E-state index contributed by atoms with van der Waals surface area (Å²) in [6.07, 6.45) is 0. The zero-order valence-corrected chi connectivity index (χ0v) is 20.7. The van der Waals surface area contributed by atoms with Gasteiger partial charge in [0.1, 0.15) is 11.5 Å². The van der Waals surface area contributed by atoms with Gasteiger partial charge in [0.2, 0.25) is 0 Å². The van der Waals surface area contributed by atoms with Gasteiger partial charge in [-0.3, -0.25) is 0 Å². The molecular formula is C35H24O2. The van der Waals surface area contributed by atoms with Gasteiger partial charge >= 0.3 is 0 Å². The second-order valence-electron chi connectivity index (χ2n) is 9.96. The van der Waals surface area contributed by atoms with Crippen molar-refractivity contribution >= 4 is 21.5 Å². The van der Waals surface area contributed by atoms with E-state index in [-0.39, 0.29) is 5.41 Å². The van der Waals surface area contributed by atoms with E-state index in [1.165, 1.54) is 66.1 Å². The van der Waals surface area contributed by atoms with E-state index in [1.54, 1.807) is 14.2 Å². The summed E-state index contributed by atoms with van der Waals surface area (Å²) in [7, 11) is 3.46. The third-order valence-electron chi connectivity index (χ3n) is 8.46. The quantitative estimate of drug-likeness (QED) is 0.233. The molecule has 0 bridgehead atoms. The van der Waals surface area contributed by atoms with Gasteiger partial charge in [-0.1, -0.05) is 84.9 Å². The largest absolute Gasteiger partial charge is 0.497 e. The Balaban J connectivity index is 1.67. The molecule has 0 N–H and O–H groups in total. The van der Waals surface area contributed by atoms with Crippen LogP contribution in [0.5, 0.6) is 11.5 Å². The first-order chi connectivity index (χ1) is 18.3. The Labute approximate surface area is 215 Å². The highest BCUT2D eigenvalue weighted by molar-refractivity contribution is 6.20. The number of benzene rings is 6. The molecule has 0 saturated carbocycles. The number of methoxy groups -OCH3 is 2. The Morgan fingerprint density at radius 1 is 0.459 bits per heavy atom. The summed E-state index contributed by atoms with van der Waals surface area (Å²) in [5.74, 6) is 1.71. The fourth-order valence-corrected chi connectivity index (χ4v) is 7.08. The van der Waals surface area contributed by atoms with E-state index in [0.29, 0.717) is 0 Å². The number of hydrogen-bond acceptors (Lipinski definition) is 2. The first kappa shape index (κ1) is 20.6. The molecule has 0 aromatic heterocycles. The molecule has 2 nitrogen and oxygen atoms in total. The zero-order chi connectivity index (χ0) is 24.7. The van der Waals surface area contributed by atoms with E-state index in [1.807, 2.05) is 0 Å². The van der Waals surface area contributed by atoms with Gasteiger partial charge in [-0.05, 0) is 90.3 Å². The Bertz CT molecular complexity index is 1870. The van der Waals surface area contributed by atoms with Crippen molar-refractivity contribution in [2.45, 2.75) is 5.41 Å². The van der Waals surface area contributed by atoms with Crippen molar-refractivity contribution in [1.29, 1.82) is 0 Å². The fourth-order valence-electron chi connectivity index (χ4n) is 7.08. The maximum atomic E-state index is 5.71. The smallest absolute Gasteiger partial charge is 0.119 e. The second-order valence-corrected chi connectivity index (χ2v) is 9.96. The molecule has 0 atom stereocenters. The highest BCUT2D eigenvalue weighted by Gasteiger charge is 2.52. The Morgan fingerprint density at radius 3 is 1.49 bits per heavy atom. The molecule has 2 aliphatic carbocycles. The van der Waals surface area contributed by atoms with E-state index in [4.69, 9.17) is 9.47 Å². The molecule has 0 unspecified atom stereocenters. The number of ether oxygens (including phenoxy) is 2. The molecule has 0 fully saturated rings. The highest BCUT2D eigenvalue weighted by atomic mass is 16.5. The van der Waals surface area contributed by atoms with Gasteiger partial charge in [0.15, 0.2) is 0 Å². The average molecular weight is 477 g/mol. The molecule has 1 spiro atoms. The molecule has 37 heavy (non-hydrogen) atoms. The summed E-state index contributed by atoms with van der Waals surface area (Å²) >= 11 is 0. The van der Waals surface area contributed by atoms with Crippen LogP contribution in [0.25, 0.3) is 43.8 Å². The number of fused-ring (bicyclic) bond motifs is 15. The van der Waals surface area contributed by atoms with E-state index in [9.17, 15) is 0 Å². The van der Waals surface area contributed by atoms with Crippen LogP contribution in [0, 0.1) is 0 Å². The summed E-state index contributed by atoms with van der Waals surface area (Å²) in [6.45, 7) is 0. The van der Waals surface area contributed by atoms with Crippen molar-refractivity contribution in [3.05, 3.63) is 131 Å². The summed E-state index contributed by atoms with van der Waals surface area (Å²) in [4.78, 5) is 0. The minimum absolute atomic E-state index is 0.389. The second kappa shape index (κ2) is 7.24. The Kier molecular flexibility index (Phi) is 4.03. The van der Waals surface area contributed by atoms with Crippen LogP contribution in [0.1, 0.15) is 22.3 Å². The summed E-state index contributed by atoms with van der Waals surface area (Å²) in [6, 6.07) is 39.9. The lowest BCUT2D eigenvalue weighted by molar-refractivity contribution is 0.415. The van der Waals surface area contributed by atoms with Crippen molar-refractivity contribution in [2.24, 2.45) is 0 Å². The average Bonchev–Trinajstić information content (AvgIpc) is 3.44. The van der Waals surface area contributed by atoms with Gasteiger partial charge in [0.05, 0.1) is 19.6 Å². The molecule has 0 heterocycles. The van der Waals surface area contributed by atoms with Gasteiger partial charge in [-0.2, -0.15) is 0 Å². The molecule has 6 aromatic carbocycles. The van der Waals surface area contributed by atoms with Crippen LogP contribution < -0.4 is 9.47 Å². The third kappa shape index (κ3) is 2.41. The van der Waals surface area contributed by atoms with E-state index < -0.39 is 0 Å². The van der Waals surface area contributed by atoms with Crippen molar-refractivity contribution in [3.63, 3.8) is 0 Å². The maximum Gasteiger partial charge on any atom is 0.119 e. The molecule has 0 radical (unpaired) electrons. The van der Waals surface area contributed by atoms with Crippen molar-refractivity contribution in [1.82, 2.24) is 0 Å². The van der Waals surface area contributed by atoms with E-state index >= 15 is 0 Å². The molecular weight excluding hydrogens is 452 g/mol. The van der Waals surface area contributed by atoms with Crippen LogP contribution in [0.4, 0.5) is 0 Å². The van der Waals surface area contributed by atoms with Gasteiger partial charge < -0.3 is 9.47 Å². The lowest BCUT2D eigenvalue weighted by Crippen LogP contribution is -2.26. The van der Waals surface area contributed by atoms with Crippen LogP contribution in [0.2, 0.25) is 0 Å². The lowest BCUT2D eigenvalue weighted by Gasteiger charge is -2.31. The van der Waals surface area contributed by atoms with Gasteiger partial charge in [-0.25, -0.2) is 0 Å². The van der Waals surface area contributed by atoms with Gasteiger partial charge in [0, 0.05) is 0 Å². The van der Waals surface area contributed by atoms with Crippen LogP contribution in [0.3, 0.4) is 0 Å². The highest BCUT2D eigenvalue weighted by Crippen LogP contribution is 2.65. The van der Waals surface area contributed by atoms with Crippen LogP contribution >= 0.6 is 0 Å². The summed E-state index contributed by atoms with van der Waals surface area (Å²) < 4.78 is 11.4.